The van der Waals surface area contributed by atoms with Crippen molar-refractivity contribution in [2.75, 3.05) is 81.3 Å². The second kappa shape index (κ2) is 50.1. The minimum Gasteiger partial charge on any atom is -0.390 e. The van der Waals surface area contributed by atoms with E-state index in [-0.39, 0.29) is 309 Å². The molecule has 8 heterocycles. The standard InChI is InChI=1S/C30H56O15P3.C15H28O9P2.C15H29O7P.4Y/c1-15-19(5)40-24(27(15)35-10)12-36-46(31)44-29-17(3)21(7)42-26(29)14-38-48(33)45-30-18(4)22(8)41-25(30)13-37-47(32)43-28-16(2)20(6)39-23(28)11-34-9;1-8-10(3)22-12(14(8)19-5)7-21-26(18)24-15-9(2)11(4)23-13(15)6-20-25(16)17;1-8-10(3)20-12(14(8)16)7-19-23(17)22-15-9(2)11(4)21-13(15)6-18-5;;;;/h15-30,46-47H,11-14H2,1-10H3;8-15,26H,6-7H2,1-5H3;8-16,23H,6-7H2,1-5H3;;;;/q+1;;;;;;/p+1/t15?,16?,17?,18?,19-,20-,21-,22-,23+,24+,25+,26+,27+,28+,29+,30+;2*8?,9?,10-,11-,12+,13+,14+,15+;;;;/m000..../s1. The zero-order valence-corrected chi connectivity index (χ0v) is 79.2. The Hall–Kier alpha value is 4.54. The molecule has 31 nitrogen and oxygen atoms in total. The third-order valence-corrected chi connectivity index (χ3v) is 25.3. The summed E-state index contributed by atoms with van der Waals surface area (Å²) in [5.41, 5.74) is 0. The Labute approximate surface area is 702 Å². The van der Waals surface area contributed by atoms with E-state index in [1.807, 2.05) is 111 Å². The number of aliphatic hydroxyl groups is 1. The molecule has 101 heavy (non-hydrogen) atoms. The van der Waals surface area contributed by atoms with Gasteiger partial charge < -0.3 is 98.1 Å². The van der Waals surface area contributed by atoms with Crippen molar-refractivity contribution in [1.82, 2.24) is 0 Å². The fraction of sp³-hybridized carbons (Fsp3) is 1.00. The van der Waals surface area contributed by atoms with Crippen LogP contribution in [0.15, 0.2) is 0 Å². The van der Waals surface area contributed by atoms with Crippen LogP contribution < -0.4 is 0 Å². The number of hydrogen-bond acceptors (Lipinski definition) is 30. The fourth-order valence-corrected chi connectivity index (χ4v) is 18.3. The summed E-state index contributed by atoms with van der Waals surface area (Å²) >= 11 is 0. The Morgan fingerprint density at radius 2 is 0.545 bits per heavy atom. The molecule has 0 amide bonds. The summed E-state index contributed by atoms with van der Waals surface area (Å²) in [6.07, 6.45) is -7.87. The molecular weight excluding hydrogens is 1760 g/mol. The summed E-state index contributed by atoms with van der Waals surface area (Å²) in [5.74, 6) is 0.156. The van der Waals surface area contributed by atoms with E-state index in [0.717, 1.165) is 0 Å². The number of ether oxygens (including phenoxy) is 12. The van der Waals surface area contributed by atoms with Gasteiger partial charge in [0.2, 0.25) is 0 Å². The second-order valence-electron chi connectivity index (χ2n) is 26.9. The molecule has 8 aliphatic heterocycles. The van der Waals surface area contributed by atoms with Gasteiger partial charge >= 0.3 is 49.5 Å². The first-order chi connectivity index (χ1) is 45.8. The molecule has 0 spiro atoms. The second-order valence-corrected chi connectivity index (χ2v) is 32.7. The van der Waals surface area contributed by atoms with E-state index in [2.05, 4.69) is 0 Å². The smallest absolute Gasteiger partial charge is 0.390 e. The van der Waals surface area contributed by atoms with Crippen molar-refractivity contribution in [3.63, 3.8) is 0 Å². The molecule has 38 atom stereocenters. The van der Waals surface area contributed by atoms with Crippen LogP contribution in [0.5, 0.6) is 0 Å². The topological polar surface area (TPSA) is 355 Å². The average Bonchev–Trinajstić information content (AvgIpc) is 1.70. The molecule has 8 rings (SSSR count). The van der Waals surface area contributed by atoms with Gasteiger partial charge in [-0.25, -0.2) is 0 Å². The molecule has 0 aromatic heterocycles. The van der Waals surface area contributed by atoms with Crippen molar-refractivity contribution in [3.8, 4) is 0 Å². The number of rotatable bonds is 34. The quantitative estimate of drug-likeness (QED) is 0.0567. The van der Waals surface area contributed by atoms with Crippen LogP contribution in [-0.4, -0.2) is 238 Å². The third-order valence-electron chi connectivity index (χ3n) is 20.6. The van der Waals surface area contributed by atoms with Crippen molar-refractivity contribution in [2.45, 2.75) is 257 Å². The van der Waals surface area contributed by atoms with Crippen LogP contribution in [0.25, 0.3) is 0 Å². The Morgan fingerprint density at radius 3 is 0.812 bits per heavy atom. The summed E-state index contributed by atoms with van der Waals surface area (Å²) < 4.78 is 203. The van der Waals surface area contributed by atoms with E-state index in [1.165, 1.54) is 0 Å². The van der Waals surface area contributed by atoms with Gasteiger partial charge in [-0.1, -0.05) is 55.4 Å². The van der Waals surface area contributed by atoms with Crippen LogP contribution in [0.1, 0.15) is 111 Å². The largest absolute Gasteiger partial charge is 0.697 e. The Bertz CT molecular complexity index is 2510. The zero-order valence-electron chi connectivity index (χ0n) is 62.1. The number of methoxy groups -OCH3 is 4. The maximum atomic E-state index is 13.0. The summed E-state index contributed by atoms with van der Waals surface area (Å²) in [5, 5.41) is 10.0. The van der Waals surface area contributed by atoms with Gasteiger partial charge in [0.1, 0.15) is 92.6 Å². The van der Waals surface area contributed by atoms with Gasteiger partial charge in [0, 0.05) is 216 Å². The molecule has 4 radical (unpaired) electrons. The van der Waals surface area contributed by atoms with Crippen molar-refractivity contribution in [2.24, 2.45) is 47.3 Å². The molecule has 14 unspecified atom stereocenters. The molecule has 0 saturated carbocycles. The summed E-state index contributed by atoms with van der Waals surface area (Å²) in [6, 6.07) is 0. The van der Waals surface area contributed by atoms with Gasteiger partial charge in [-0.3, -0.25) is 18.3 Å². The van der Waals surface area contributed by atoms with Crippen molar-refractivity contribution < 1.29 is 275 Å². The van der Waals surface area contributed by atoms with Crippen LogP contribution in [0, 0.1) is 47.3 Å². The van der Waals surface area contributed by atoms with Gasteiger partial charge in [-0.05, 0) is 55.4 Å². The van der Waals surface area contributed by atoms with Gasteiger partial charge in [0.05, 0.1) is 107 Å². The minimum absolute atomic E-state index is 0. The molecule has 0 aromatic carbocycles. The number of aliphatic hydroxyl groups excluding tert-OH is 1. The predicted octanol–water partition coefficient (Wildman–Crippen LogP) is 8.91. The number of hydrogen-bond donors (Lipinski definition) is 2. The molecular formula is C60H114O31P6Y4+2. The maximum absolute atomic E-state index is 13.0. The van der Waals surface area contributed by atoms with Gasteiger partial charge in [0.15, 0.2) is 0 Å². The van der Waals surface area contributed by atoms with E-state index in [9.17, 15) is 32.5 Å². The van der Waals surface area contributed by atoms with Crippen molar-refractivity contribution >= 4 is 49.5 Å². The van der Waals surface area contributed by atoms with Crippen LogP contribution in [-0.2, 0) is 265 Å². The van der Waals surface area contributed by atoms with Gasteiger partial charge in [-0.2, -0.15) is 0 Å². The normalized spacial score (nSPS) is 42.5. The average molecular weight is 1870 g/mol. The van der Waals surface area contributed by atoms with E-state index < -0.39 is 104 Å². The van der Waals surface area contributed by atoms with Crippen molar-refractivity contribution in [3.05, 3.63) is 0 Å². The Kier molecular flexibility index (Phi) is 50.4. The summed E-state index contributed by atoms with van der Waals surface area (Å²) in [4.78, 5) is 8.79. The maximum Gasteiger partial charge on any atom is 0.697 e. The molecule has 8 saturated heterocycles. The third kappa shape index (κ3) is 29.6. The van der Waals surface area contributed by atoms with E-state index in [4.69, 9.17) is 111 Å². The molecule has 8 fully saturated rings. The molecule has 0 aromatic rings. The zero-order chi connectivity index (χ0) is 71.9. The van der Waals surface area contributed by atoms with Crippen LogP contribution in [0.4, 0.5) is 0 Å². The van der Waals surface area contributed by atoms with Crippen LogP contribution in [0.3, 0.4) is 0 Å². The molecule has 41 heteroatoms. The molecule has 2 N–H and O–H groups in total. The fourth-order valence-electron chi connectivity index (χ4n) is 13.3. The SMILES string of the molecule is COC[C@H]1O[C@@H](C)C(C)[C@H]1O[PH](=O)OC[C@H]1O[C@@H](C)C(C)[C@H]1O.COC[C@H]1O[C@@H](C)C(C)[C@H]1O[PH](=O)OC[C@H]1O[C@@H](C)C(C)[C@H]1O[P+](=O)OC[C@H]1O[C@@H](C)C(C)[C@H]1O[PH](=O)OC[C@H]1O[C@@H](C)C(C)[C@H]1OC.CO[C@@H]1C(C)[C@H](C)O[C@@H]1CO[PH](=O)O[C@@H]1C(C)[C@H](C)O[C@@H]1CO[P+](=O)O.[Y].[Y].[Y].[Y]. The van der Waals surface area contributed by atoms with Gasteiger partial charge in [0.25, 0.3) is 0 Å². The minimum atomic E-state index is -2.93. The molecule has 580 valence electrons. The van der Waals surface area contributed by atoms with E-state index >= 15 is 0 Å². The molecule has 0 aliphatic carbocycles. The molecule has 8 aliphatic rings. The van der Waals surface area contributed by atoms with Crippen LogP contribution in [0.2, 0.25) is 0 Å². The first-order valence-corrected chi connectivity index (χ1v) is 40.8. The summed E-state index contributed by atoms with van der Waals surface area (Å²) in [7, 11) is -10.3. The Balaban J connectivity index is 0.000000554. The predicted molar refractivity (Wildman–Crippen MR) is 353 cm³/mol. The van der Waals surface area contributed by atoms with E-state index in [0.29, 0.717) is 13.2 Å². The first kappa shape index (κ1) is 102. The van der Waals surface area contributed by atoms with E-state index in [1.54, 1.807) is 28.4 Å². The Morgan fingerprint density at radius 1 is 0.317 bits per heavy atom. The molecule has 0 bridgehead atoms. The first-order valence-electron chi connectivity index (χ1n) is 33.7. The van der Waals surface area contributed by atoms with Crippen molar-refractivity contribution in [1.29, 1.82) is 0 Å². The van der Waals surface area contributed by atoms with Crippen LogP contribution >= 0.6 is 49.5 Å². The van der Waals surface area contributed by atoms with Gasteiger partial charge in [-0.15, -0.1) is 18.5 Å². The summed E-state index contributed by atoms with van der Waals surface area (Å²) in [6.45, 7) is 31.6. The monoisotopic (exact) mass is 1870 g/mol.